The molecule has 92 valence electrons. The standard InChI is InChI=1S/C11H11F3N2O/c1-6-2-7-4-16(10(17)11(12,13)14)5-8(7)3-9(6)15/h2-3H,4-5,15H2,1H3. The summed E-state index contributed by atoms with van der Waals surface area (Å²) in [5, 5.41) is 0. The molecule has 1 amide bonds. The van der Waals surface area contributed by atoms with Crippen LogP contribution in [-0.4, -0.2) is 17.0 Å². The highest BCUT2D eigenvalue weighted by molar-refractivity contribution is 5.82. The molecular weight excluding hydrogens is 233 g/mol. The average Bonchev–Trinajstić information content (AvgIpc) is 2.59. The summed E-state index contributed by atoms with van der Waals surface area (Å²) < 4.78 is 36.8. The molecule has 6 heteroatoms. The molecule has 1 aromatic carbocycles. The van der Waals surface area contributed by atoms with Gasteiger partial charge in [-0.05, 0) is 29.7 Å². The maximum absolute atomic E-state index is 12.3. The van der Waals surface area contributed by atoms with Gasteiger partial charge in [-0.2, -0.15) is 13.2 Å². The van der Waals surface area contributed by atoms with Crippen LogP contribution in [0.5, 0.6) is 0 Å². The molecule has 1 aromatic rings. The zero-order chi connectivity index (χ0) is 12.8. The van der Waals surface area contributed by atoms with E-state index in [1.54, 1.807) is 19.1 Å². The first kappa shape index (κ1) is 11.8. The number of nitrogens with zero attached hydrogens (tertiary/aromatic N) is 1. The fourth-order valence-corrected chi connectivity index (χ4v) is 1.92. The first-order valence-electron chi connectivity index (χ1n) is 5.03. The zero-order valence-electron chi connectivity index (χ0n) is 9.14. The topological polar surface area (TPSA) is 46.3 Å². The number of amides is 1. The van der Waals surface area contributed by atoms with Crippen molar-refractivity contribution in [3.05, 3.63) is 28.8 Å². The van der Waals surface area contributed by atoms with E-state index in [1.807, 2.05) is 0 Å². The van der Waals surface area contributed by atoms with Gasteiger partial charge in [0.25, 0.3) is 0 Å². The number of carbonyl (C=O) groups is 1. The lowest BCUT2D eigenvalue weighted by molar-refractivity contribution is -0.186. The van der Waals surface area contributed by atoms with Crippen molar-refractivity contribution in [1.29, 1.82) is 0 Å². The van der Waals surface area contributed by atoms with Crippen LogP contribution < -0.4 is 5.73 Å². The van der Waals surface area contributed by atoms with E-state index >= 15 is 0 Å². The number of halogens is 3. The van der Waals surface area contributed by atoms with Crippen LogP contribution in [0.4, 0.5) is 18.9 Å². The molecule has 0 aliphatic carbocycles. The number of aryl methyl sites for hydroxylation is 1. The summed E-state index contributed by atoms with van der Waals surface area (Å²) in [6.45, 7) is 1.75. The van der Waals surface area contributed by atoms with Gasteiger partial charge in [0.1, 0.15) is 0 Å². The average molecular weight is 244 g/mol. The van der Waals surface area contributed by atoms with Crippen molar-refractivity contribution in [2.45, 2.75) is 26.2 Å². The first-order valence-corrected chi connectivity index (χ1v) is 5.03. The second-order valence-corrected chi connectivity index (χ2v) is 4.14. The van der Waals surface area contributed by atoms with Crippen LogP contribution in [0, 0.1) is 6.92 Å². The van der Waals surface area contributed by atoms with Crippen LogP contribution in [0.25, 0.3) is 0 Å². The van der Waals surface area contributed by atoms with Gasteiger partial charge in [-0.25, -0.2) is 0 Å². The summed E-state index contributed by atoms with van der Waals surface area (Å²) in [6.07, 6.45) is -4.82. The maximum Gasteiger partial charge on any atom is 0.471 e. The Kier molecular flexibility index (Phi) is 2.52. The van der Waals surface area contributed by atoms with Crippen molar-refractivity contribution < 1.29 is 18.0 Å². The molecule has 0 spiro atoms. The molecule has 3 nitrogen and oxygen atoms in total. The van der Waals surface area contributed by atoms with Crippen LogP contribution in [0.15, 0.2) is 12.1 Å². The molecule has 0 unspecified atom stereocenters. The highest BCUT2D eigenvalue weighted by Gasteiger charge is 2.44. The van der Waals surface area contributed by atoms with E-state index in [0.717, 1.165) is 16.0 Å². The summed E-state index contributed by atoms with van der Waals surface area (Å²) in [7, 11) is 0. The Morgan fingerprint density at radius 3 is 2.35 bits per heavy atom. The molecule has 0 bridgehead atoms. The molecule has 1 aliphatic rings. The Hall–Kier alpha value is -1.72. The predicted molar refractivity (Wildman–Crippen MR) is 55.9 cm³/mol. The lowest BCUT2D eigenvalue weighted by Gasteiger charge is -2.16. The summed E-state index contributed by atoms with van der Waals surface area (Å²) in [5.41, 5.74) is 8.43. The Morgan fingerprint density at radius 2 is 1.82 bits per heavy atom. The van der Waals surface area contributed by atoms with Crippen molar-refractivity contribution >= 4 is 11.6 Å². The Morgan fingerprint density at radius 1 is 1.29 bits per heavy atom. The molecule has 0 saturated carbocycles. The Bertz CT molecular complexity index is 451. The van der Waals surface area contributed by atoms with Crippen molar-refractivity contribution in [1.82, 2.24) is 4.90 Å². The number of rotatable bonds is 0. The van der Waals surface area contributed by atoms with E-state index < -0.39 is 12.1 Å². The number of nitrogens with two attached hydrogens (primary N) is 1. The predicted octanol–water partition coefficient (Wildman–Crippen LogP) is 1.98. The highest BCUT2D eigenvalue weighted by Crippen LogP contribution is 2.30. The summed E-state index contributed by atoms with van der Waals surface area (Å²) in [4.78, 5) is 11.9. The van der Waals surface area contributed by atoms with Gasteiger partial charge < -0.3 is 10.6 Å². The number of carbonyl (C=O) groups excluding carboxylic acids is 1. The normalized spacial score (nSPS) is 14.9. The first-order chi connectivity index (χ1) is 7.79. The van der Waals surface area contributed by atoms with Gasteiger partial charge in [-0.3, -0.25) is 4.79 Å². The van der Waals surface area contributed by atoms with Gasteiger partial charge in [0, 0.05) is 18.8 Å². The molecular formula is C11H11F3N2O. The molecule has 0 atom stereocenters. The molecule has 17 heavy (non-hydrogen) atoms. The maximum atomic E-state index is 12.3. The molecule has 0 radical (unpaired) electrons. The molecule has 1 heterocycles. The summed E-state index contributed by atoms with van der Waals surface area (Å²) in [5.74, 6) is -1.80. The number of nitrogen functional groups attached to an aromatic ring is 1. The van der Waals surface area contributed by atoms with E-state index in [9.17, 15) is 18.0 Å². The van der Waals surface area contributed by atoms with Crippen molar-refractivity contribution in [2.24, 2.45) is 0 Å². The number of benzene rings is 1. The number of alkyl halides is 3. The third-order valence-electron chi connectivity index (χ3n) is 2.84. The van der Waals surface area contributed by atoms with Gasteiger partial charge in [-0.1, -0.05) is 6.07 Å². The minimum atomic E-state index is -4.82. The summed E-state index contributed by atoms with van der Waals surface area (Å²) >= 11 is 0. The minimum absolute atomic E-state index is 0.00516. The van der Waals surface area contributed by atoms with Gasteiger partial charge in [-0.15, -0.1) is 0 Å². The van der Waals surface area contributed by atoms with Crippen molar-refractivity contribution in [2.75, 3.05) is 5.73 Å². The monoisotopic (exact) mass is 244 g/mol. The summed E-state index contributed by atoms with van der Waals surface area (Å²) in [6, 6.07) is 3.36. The van der Waals surface area contributed by atoms with Gasteiger partial charge in [0.2, 0.25) is 0 Å². The molecule has 1 aliphatic heterocycles. The number of anilines is 1. The number of hydrogen-bond donors (Lipinski definition) is 1. The second kappa shape index (κ2) is 3.65. The van der Waals surface area contributed by atoms with Crippen LogP contribution >= 0.6 is 0 Å². The van der Waals surface area contributed by atoms with Crippen LogP contribution in [0.2, 0.25) is 0 Å². The Labute approximate surface area is 96.0 Å². The molecule has 0 fully saturated rings. The van der Waals surface area contributed by atoms with Crippen molar-refractivity contribution in [3.63, 3.8) is 0 Å². The second-order valence-electron chi connectivity index (χ2n) is 4.14. The lowest BCUT2D eigenvalue weighted by atomic mass is 10.1. The lowest BCUT2D eigenvalue weighted by Crippen LogP contribution is -2.37. The zero-order valence-corrected chi connectivity index (χ0v) is 9.14. The number of hydrogen-bond acceptors (Lipinski definition) is 2. The molecule has 2 rings (SSSR count). The number of fused-ring (bicyclic) bond motifs is 1. The third kappa shape index (κ3) is 2.07. The van der Waals surface area contributed by atoms with Crippen LogP contribution in [0.3, 0.4) is 0 Å². The largest absolute Gasteiger partial charge is 0.471 e. The highest BCUT2D eigenvalue weighted by atomic mass is 19.4. The third-order valence-corrected chi connectivity index (χ3v) is 2.84. The van der Waals surface area contributed by atoms with E-state index in [0.29, 0.717) is 11.3 Å². The quantitative estimate of drug-likeness (QED) is 0.709. The molecule has 2 N–H and O–H groups in total. The van der Waals surface area contributed by atoms with Gasteiger partial charge in [0.15, 0.2) is 0 Å². The minimum Gasteiger partial charge on any atom is -0.399 e. The van der Waals surface area contributed by atoms with Gasteiger partial charge >= 0.3 is 12.1 Å². The molecule has 0 aromatic heterocycles. The van der Waals surface area contributed by atoms with E-state index in [1.165, 1.54) is 0 Å². The van der Waals surface area contributed by atoms with Crippen molar-refractivity contribution in [3.8, 4) is 0 Å². The van der Waals surface area contributed by atoms with E-state index in [-0.39, 0.29) is 13.1 Å². The van der Waals surface area contributed by atoms with Gasteiger partial charge in [0.05, 0.1) is 0 Å². The van der Waals surface area contributed by atoms with Crippen LogP contribution in [0.1, 0.15) is 16.7 Å². The fourth-order valence-electron chi connectivity index (χ4n) is 1.92. The smallest absolute Gasteiger partial charge is 0.399 e. The van der Waals surface area contributed by atoms with E-state index in [4.69, 9.17) is 5.73 Å². The Balaban J connectivity index is 2.25. The fraction of sp³-hybridized carbons (Fsp3) is 0.364. The SMILES string of the molecule is Cc1cc2c(cc1N)CN(C(=O)C(F)(F)F)C2. The molecule has 0 saturated heterocycles. The van der Waals surface area contributed by atoms with Crippen LogP contribution in [-0.2, 0) is 17.9 Å². The van der Waals surface area contributed by atoms with E-state index in [2.05, 4.69) is 0 Å².